The number of piperidine rings is 1. The van der Waals surface area contributed by atoms with Crippen LogP contribution in [0.5, 0.6) is 0 Å². The van der Waals surface area contributed by atoms with Gasteiger partial charge in [0.15, 0.2) is 0 Å². The SMILES string of the molecule is COC(=O)N1C[C@@H](CO)C[C@@H](N(C(=O)NCc2cc3ccccc3[nH]2)C2CC2)C1. The quantitative estimate of drug-likeness (QED) is 0.717. The fourth-order valence-corrected chi connectivity index (χ4v) is 4.26. The number of aliphatic hydroxyl groups is 1. The predicted octanol–water partition coefficient (Wildman–Crippen LogP) is 2.29. The van der Waals surface area contributed by atoms with E-state index >= 15 is 0 Å². The molecule has 2 heterocycles. The minimum atomic E-state index is -0.414. The first kappa shape index (κ1) is 19.6. The summed E-state index contributed by atoms with van der Waals surface area (Å²) in [5, 5.41) is 13.8. The number of carbonyl (C=O) groups excluding carboxylic acids is 2. The van der Waals surface area contributed by atoms with Crippen molar-refractivity contribution < 1.29 is 19.4 Å². The highest BCUT2D eigenvalue weighted by Crippen LogP contribution is 2.33. The van der Waals surface area contributed by atoms with Crippen LogP contribution in [0.4, 0.5) is 9.59 Å². The molecular formula is C21H28N4O4. The van der Waals surface area contributed by atoms with Crippen LogP contribution in [-0.4, -0.2) is 70.9 Å². The molecule has 1 aliphatic heterocycles. The van der Waals surface area contributed by atoms with Crippen molar-refractivity contribution in [3.8, 4) is 0 Å². The predicted molar refractivity (Wildman–Crippen MR) is 108 cm³/mol. The van der Waals surface area contributed by atoms with Gasteiger partial charge in [0.1, 0.15) is 0 Å². The number of carbonyl (C=O) groups is 2. The Morgan fingerprint density at radius 1 is 1.28 bits per heavy atom. The van der Waals surface area contributed by atoms with Crippen molar-refractivity contribution in [2.75, 3.05) is 26.8 Å². The summed E-state index contributed by atoms with van der Waals surface area (Å²) in [5.74, 6) is -0.0596. The second-order valence-corrected chi connectivity index (χ2v) is 7.99. The number of ether oxygens (including phenoxy) is 1. The Morgan fingerprint density at radius 2 is 2.07 bits per heavy atom. The van der Waals surface area contributed by atoms with E-state index in [1.165, 1.54) is 7.11 Å². The second kappa shape index (κ2) is 8.32. The minimum Gasteiger partial charge on any atom is -0.453 e. The van der Waals surface area contributed by atoms with E-state index in [4.69, 9.17) is 4.74 Å². The fourth-order valence-electron chi connectivity index (χ4n) is 4.26. The Balaban J connectivity index is 1.44. The van der Waals surface area contributed by atoms with E-state index in [0.29, 0.717) is 26.1 Å². The molecule has 8 nitrogen and oxygen atoms in total. The first-order valence-corrected chi connectivity index (χ1v) is 10.2. The molecule has 0 spiro atoms. The van der Waals surface area contributed by atoms with E-state index in [2.05, 4.69) is 10.3 Å². The number of nitrogens with zero attached hydrogens (tertiary/aromatic N) is 2. The van der Waals surface area contributed by atoms with Gasteiger partial charge in [-0.2, -0.15) is 0 Å². The van der Waals surface area contributed by atoms with Gasteiger partial charge in [0.25, 0.3) is 0 Å². The molecule has 1 aliphatic carbocycles. The highest BCUT2D eigenvalue weighted by molar-refractivity contribution is 5.80. The maximum absolute atomic E-state index is 13.1. The molecule has 0 bridgehead atoms. The number of para-hydroxylation sites is 1. The van der Waals surface area contributed by atoms with Gasteiger partial charge in [-0.05, 0) is 36.8 Å². The van der Waals surface area contributed by atoms with Crippen LogP contribution in [0.15, 0.2) is 30.3 Å². The standard InChI is InChI=1S/C21H28N4O4/c1-29-21(28)24-11-14(13-26)8-18(12-24)25(17-6-7-17)20(27)22-10-16-9-15-4-2-3-5-19(15)23-16/h2-5,9,14,17-18,23,26H,6-8,10-13H2,1H3,(H,22,27)/t14-,18+/m0/s1. The molecule has 156 valence electrons. The lowest BCUT2D eigenvalue weighted by atomic mass is 9.94. The number of H-pyrrole nitrogens is 1. The Labute approximate surface area is 169 Å². The Hall–Kier alpha value is -2.74. The molecule has 2 atom stereocenters. The summed E-state index contributed by atoms with van der Waals surface area (Å²) in [6.07, 6.45) is 2.21. The number of aromatic amines is 1. The van der Waals surface area contributed by atoms with Crippen LogP contribution in [-0.2, 0) is 11.3 Å². The van der Waals surface area contributed by atoms with E-state index in [1.807, 2.05) is 35.2 Å². The van der Waals surface area contributed by atoms with Crippen LogP contribution in [0.25, 0.3) is 10.9 Å². The molecule has 2 aromatic rings. The fraction of sp³-hybridized carbons (Fsp3) is 0.524. The number of nitrogens with one attached hydrogen (secondary N) is 2. The molecule has 0 radical (unpaired) electrons. The number of amides is 3. The van der Waals surface area contributed by atoms with Gasteiger partial charge in [-0.1, -0.05) is 18.2 Å². The lowest BCUT2D eigenvalue weighted by Gasteiger charge is -2.41. The minimum absolute atomic E-state index is 0.0147. The smallest absolute Gasteiger partial charge is 0.409 e. The van der Waals surface area contributed by atoms with Gasteiger partial charge < -0.3 is 29.9 Å². The zero-order valence-corrected chi connectivity index (χ0v) is 16.6. The van der Waals surface area contributed by atoms with Crippen LogP contribution in [0.2, 0.25) is 0 Å². The van der Waals surface area contributed by atoms with Gasteiger partial charge in [0.2, 0.25) is 0 Å². The topological polar surface area (TPSA) is 97.9 Å². The summed E-state index contributed by atoms with van der Waals surface area (Å²) >= 11 is 0. The number of urea groups is 1. The van der Waals surface area contributed by atoms with Crippen molar-refractivity contribution in [3.63, 3.8) is 0 Å². The van der Waals surface area contributed by atoms with Crippen molar-refractivity contribution >= 4 is 23.0 Å². The monoisotopic (exact) mass is 400 g/mol. The number of aliphatic hydroxyl groups excluding tert-OH is 1. The van der Waals surface area contributed by atoms with Gasteiger partial charge in [-0.15, -0.1) is 0 Å². The molecule has 1 aromatic carbocycles. The Kier molecular flexibility index (Phi) is 5.62. The molecule has 2 fully saturated rings. The van der Waals surface area contributed by atoms with Gasteiger partial charge in [0, 0.05) is 42.9 Å². The number of hydrogen-bond acceptors (Lipinski definition) is 4. The van der Waals surface area contributed by atoms with E-state index in [1.54, 1.807) is 4.90 Å². The van der Waals surface area contributed by atoms with Crippen LogP contribution in [0.1, 0.15) is 25.0 Å². The summed E-state index contributed by atoms with van der Waals surface area (Å²) in [7, 11) is 1.35. The number of methoxy groups -OCH3 is 1. The maximum Gasteiger partial charge on any atom is 0.409 e. The summed E-state index contributed by atoms with van der Waals surface area (Å²) in [6.45, 7) is 1.28. The summed E-state index contributed by atoms with van der Waals surface area (Å²) in [5.41, 5.74) is 1.99. The molecule has 1 saturated heterocycles. The first-order chi connectivity index (χ1) is 14.1. The molecule has 2 aliphatic rings. The molecule has 8 heteroatoms. The number of hydrogen-bond donors (Lipinski definition) is 3. The van der Waals surface area contributed by atoms with Crippen LogP contribution >= 0.6 is 0 Å². The average molecular weight is 400 g/mol. The van der Waals surface area contributed by atoms with E-state index < -0.39 is 6.09 Å². The summed E-state index contributed by atoms with van der Waals surface area (Å²) in [4.78, 5) is 31.9. The lowest BCUT2D eigenvalue weighted by molar-refractivity contribution is 0.0464. The molecule has 3 N–H and O–H groups in total. The van der Waals surface area contributed by atoms with Crippen LogP contribution in [0, 0.1) is 5.92 Å². The van der Waals surface area contributed by atoms with E-state index in [0.717, 1.165) is 29.4 Å². The lowest BCUT2D eigenvalue weighted by Crippen LogP contribution is -2.57. The van der Waals surface area contributed by atoms with Crippen molar-refractivity contribution in [2.45, 2.75) is 37.9 Å². The number of fused-ring (bicyclic) bond motifs is 1. The van der Waals surface area contributed by atoms with Crippen LogP contribution in [0.3, 0.4) is 0 Å². The first-order valence-electron chi connectivity index (χ1n) is 10.2. The number of rotatable bonds is 5. The average Bonchev–Trinajstić information content (AvgIpc) is 3.48. The van der Waals surface area contributed by atoms with Crippen molar-refractivity contribution in [1.29, 1.82) is 0 Å². The molecule has 3 amide bonds. The van der Waals surface area contributed by atoms with Crippen LogP contribution < -0.4 is 5.32 Å². The molecule has 1 aromatic heterocycles. The number of benzene rings is 1. The van der Waals surface area contributed by atoms with Gasteiger partial charge in [-0.25, -0.2) is 9.59 Å². The van der Waals surface area contributed by atoms with Gasteiger partial charge in [0.05, 0.1) is 19.7 Å². The summed E-state index contributed by atoms with van der Waals surface area (Å²) in [6, 6.07) is 9.99. The van der Waals surface area contributed by atoms with Crippen molar-refractivity contribution in [1.82, 2.24) is 20.1 Å². The third kappa shape index (κ3) is 4.32. The Bertz CT molecular complexity index is 845. The third-order valence-electron chi connectivity index (χ3n) is 5.79. The summed E-state index contributed by atoms with van der Waals surface area (Å²) < 4.78 is 4.86. The van der Waals surface area contributed by atoms with Gasteiger partial charge in [-0.3, -0.25) is 0 Å². The number of aromatic nitrogens is 1. The Morgan fingerprint density at radius 3 is 2.76 bits per heavy atom. The normalized spacial score (nSPS) is 21.8. The molecule has 1 saturated carbocycles. The third-order valence-corrected chi connectivity index (χ3v) is 5.79. The highest BCUT2D eigenvalue weighted by Gasteiger charge is 2.42. The largest absolute Gasteiger partial charge is 0.453 e. The maximum atomic E-state index is 13.1. The van der Waals surface area contributed by atoms with Crippen molar-refractivity contribution in [2.24, 2.45) is 5.92 Å². The van der Waals surface area contributed by atoms with Gasteiger partial charge >= 0.3 is 12.1 Å². The molecular weight excluding hydrogens is 372 g/mol. The molecule has 0 unspecified atom stereocenters. The molecule has 29 heavy (non-hydrogen) atoms. The van der Waals surface area contributed by atoms with Crippen molar-refractivity contribution in [3.05, 3.63) is 36.0 Å². The second-order valence-electron chi connectivity index (χ2n) is 7.99. The molecule has 4 rings (SSSR count). The zero-order chi connectivity index (χ0) is 20.4. The zero-order valence-electron chi connectivity index (χ0n) is 16.6. The number of likely N-dealkylation sites (tertiary alicyclic amines) is 1. The highest BCUT2D eigenvalue weighted by atomic mass is 16.5. The van der Waals surface area contributed by atoms with E-state index in [-0.39, 0.29) is 30.6 Å². The van der Waals surface area contributed by atoms with E-state index in [9.17, 15) is 14.7 Å².